The molecule has 1 aromatic carbocycles. The second-order valence-electron chi connectivity index (χ2n) is 11.4. The van der Waals surface area contributed by atoms with Crippen molar-refractivity contribution >= 4 is 11.9 Å². The van der Waals surface area contributed by atoms with Crippen molar-refractivity contribution < 1.29 is 62.6 Å². The molecule has 0 aromatic heterocycles. The zero-order valence-corrected chi connectivity index (χ0v) is 27.0. The summed E-state index contributed by atoms with van der Waals surface area (Å²) in [6.45, 7) is -0.668. The Balaban J connectivity index is 1.62. The van der Waals surface area contributed by atoms with Crippen LogP contribution in [-0.2, 0) is 28.7 Å². The summed E-state index contributed by atoms with van der Waals surface area (Å²) in [5, 5.41) is 41.8. The number of amides is 1. The van der Waals surface area contributed by atoms with Crippen LogP contribution in [0.15, 0.2) is 54.6 Å². The number of esters is 1. The second kappa shape index (κ2) is 21.5. The SMILES string of the molecule is C[C@@H](COC(=O)CCCC=CC[C@@H]1[C@@H](C=CC(F)(F)COc2ccccc2)[C@H](O)C[C@@H]1O)NC(=O)CCOCC(CO[N+](=O)[O-])O[N+](=O)[O-]. The standard InChI is InChI=1S/C31H43F2N3O13/c1-22(34-29(39)14-16-45-19-24(49-36(43)44)20-48-35(41)42)18-46-30(40)12-8-3-2-7-11-25-26(28(38)17-27(25)37)13-15-31(32,33)21-47-23-9-5-4-6-10-23/h2,4-7,9-10,13,15,22,24-28,37-38H,3,8,11-12,14,16-21H2,1H3,(H,34,39)/t22-,24?,25+,26+,27-,28+/m0/s1. The largest absolute Gasteiger partial charge is 0.487 e. The minimum Gasteiger partial charge on any atom is -0.487 e. The summed E-state index contributed by atoms with van der Waals surface area (Å²) in [5.74, 6) is -5.03. The molecule has 0 spiro atoms. The highest BCUT2D eigenvalue weighted by atomic mass is 19.3. The fourth-order valence-corrected chi connectivity index (χ4v) is 4.87. The quantitative estimate of drug-likeness (QED) is 0.0464. The number of carbonyl (C=O) groups is 2. The lowest BCUT2D eigenvalue weighted by molar-refractivity contribution is -0.790. The van der Waals surface area contributed by atoms with Gasteiger partial charge < -0.3 is 39.4 Å². The number of para-hydroxylation sites is 1. The van der Waals surface area contributed by atoms with Gasteiger partial charge in [-0.05, 0) is 50.3 Å². The number of benzene rings is 1. The molecular formula is C31H43F2N3O13. The molecule has 3 N–H and O–H groups in total. The fraction of sp³-hybridized carbons (Fsp3) is 0.613. The van der Waals surface area contributed by atoms with Crippen molar-refractivity contribution in [3.05, 3.63) is 74.9 Å². The average molecular weight is 704 g/mol. The van der Waals surface area contributed by atoms with Crippen molar-refractivity contribution in [2.24, 2.45) is 11.8 Å². The lowest BCUT2D eigenvalue weighted by Crippen LogP contribution is -2.37. The van der Waals surface area contributed by atoms with E-state index < -0.39 is 84.0 Å². The van der Waals surface area contributed by atoms with E-state index in [1.54, 1.807) is 49.4 Å². The first kappa shape index (κ1) is 40.8. The number of rotatable bonds is 24. The Morgan fingerprint density at radius 1 is 1.06 bits per heavy atom. The number of aliphatic hydroxyl groups is 2. The van der Waals surface area contributed by atoms with Gasteiger partial charge in [0.05, 0.1) is 31.5 Å². The molecule has 49 heavy (non-hydrogen) atoms. The van der Waals surface area contributed by atoms with Gasteiger partial charge in [0.25, 0.3) is 16.1 Å². The van der Waals surface area contributed by atoms with E-state index in [0.29, 0.717) is 31.1 Å². The summed E-state index contributed by atoms with van der Waals surface area (Å²) in [6.07, 6.45) is 3.69. The molecule has 0 saturated heterocycles. The third kappa shape index (κ3) is 17.5. The number of halogens is 2. The molecular weight excluding hydrogens is 660 g/mol. The Hall–Kier alpha value is -4.42. The molecule has 6 atom stereocenters. The number of nitrogens with one attached hydrogen (secondary N) is 1. The van der Waals surface area contributed by atoms with Crippen molar-refractivity contribution in [3.63, 3.8) is 0 Å². The van der Waals surface area contributed by atoms with Crippen molar-refractivity contribution in [2.45, 2.75) is 75.7 Å². The summed E-state index contributed by atoms with van der Waals surface area (Å²) in [6, 6.07) is 7.70. The Morgan fingerprint density at radius 3 is 2.49 bits per heavy atom. The highest BCUT2D eigenvalue weighted by molar-refractivity contribution is 5.76. The zero-order valence-electron chi connectivity index (χ0n) is 27.0. The molecule has 1 unspecified atom stereocenters. The number of nitrogens with zero attached hydrogens (tertiary/aromatic N) is 2. The molecule has 1 aromatic rings. The molecule has 0 radical (unpaired) electrons. The fourth-order valence-electron chi connectivity index (χ4n) is 4.87. The smallest absolute Gasteiger partial charge is 0.305 e. The second-order valence-corrected chi connectivity index (χ2v) is 11.4. The van der Waals surface area contributed by atoms with Gasteiger partial charge in [0.15, 0.2) is 12.7 Å². The normalized spacial score (nSPS) is 20.5. The maximum atomic E-state index is 14.4. The Bertz CT molecular complexity index is 1240. The van der Waals surface area contributed by atoms with Crippen LogP contribution in [0.25, 0.3) is 0 Å². The van der Waals surface area contributed by atoms with Gasteiger partial charge in [-0.3, -0.25) is 9.59 Å². The highest BCUT2D eigenvalue weighted by Gasteiger charge is 2.40. The number of allylic oxidation sites excluding steroid dienone is 2. The van der Waals surface area contributed by atoms with Gasteiger partial charge in [-0.15, -0.1) is 20.2 Å². The summed E-state index contributed by atoms with van der Waals surface area (Å²) < 4.78 is 44.2. The van der Waals surface area contributed by atoms with Gasteiger partial charge in [0.2, 0.25) is 5.91 Å². The van der Waals surface area contributed by atoms with Crippen LogP contribution in [0.2, 0.25) is 0 Å². The molecule has 18 heteroatoms. The number of ether oxygens (including phenoxy) is 3. The first-order chi connectivity index (χ1) is 23.3. The number of unbranched alkanes of at least 4 members (excludes halogenated alkanes) is 1. The third-order valence-corrected chi connectivity index (χ3v) is 7.26. The topological polar surface area (TPSA) is 219 Å². The minimum absolute atomic E-state index is 0.0730. The van der Waals surface area contributed by atoms with Crippen LogP contribution in [0.5, 0.6) is 5.75 Å². The molecule has 1 fully saturated rings. The van der Waals surface area contributed by atoms with Crippen molar-refractivity contribution in [1.82, 2.24) is 5.32 Å². The molecule has 1 aliphatic rings. The van der Waals surface area contributed by atoms with E-state index in [-0.39, 0.29) is 32.5 Å². The van der Waals surface area contributed by atoms with Crippen LogP contribution in [0.1, 0.15) is 45.4 Å². The van der Waals surface area contributed by atoms with E-state index in [9.17, 15) is 48.8 Å². The molecule has 274 valence electrons. The molecule has 1 amide bonds. The van der Waals surface area contributed by atoms with E-state index in [2.05, 4.69) is 15.0 Å². The number of alkyl halides is 2. The van der Waals surface area contributed by atoms with Gasteiger partial charge >= 0.3 is 5.97 Å². The van der Waals surface area contributed by atoms with Crippen molar-refractivity contribution in [2.75, 3.05) is 33.0 Å². The predicted octanol–water partition coefficient (Wildman–Crippen LogP) is 2.97. The number of carbonyl (C=O) groups excluding carboxylic acids is 2. The molecule has 16 nitrogen and oxygen atoms in total. The summed E-state index contributed by atoms with van der Waals surface area (Å²) in [7, 11) is 0. The van der Waals surface area contributed by atoms with Gasteiger partial charge in [-0.1, -0.05) is 36.4 Å². The lowest BCUT2D eigenvalue weighted by Gasteiger charge is -2.20. The molecule has 0 aliphatic heterocycles. The summed E-state index contributed by atoms with van der Waals surface area (Å²) in [5.41, 5.74) is 0. The van der Waals surface area contributed by atoms with Gasteiger partial charge in [-0.2, -0.15) is 8.78 Å². The Kier molecular flexibility index (Phi) is 17.9. The van der Waals surface area contributed by atoms with Crippen LogP contribution in [-0.4, -0.2) is 95.6 Å². The first-order valence-corrected chi connectivity index (χ1v) is 15.6. The third-order valence-electron chi connectivity index (χ3n) is 7.26. The van der Waals surface area contributed by atoms with E-state index in [1.165, 1.54) is 6.08 Å². The lowest BCUT2D eigenvalue weighted by atomic mass is 9.89. The average Bonchev–Trinajstić information content (AvgIpc) is 3.31. The molecule has 0 heterocycles. The predicted molar refractivity (Wildman–Crippen MR) is 166 cm³/mol. The van der Waals surface area contributed by atoms with Crippen molar-refractivity contribution in [1.29, 1.82) is 0 Å². The van der Waals surface area contributed by atoms with Crippen LogP contribution >= 0.6 is 0 Å². The number of hydrogen-bond donors (Lipinski definition) is 3. The highest BCUT2D eigenvalue weighted by Crippen LogP contribution is 2.37. The van der Waals surface area contributed by atoms with E-state index in [1.807, 2.05) is 0 Å². The van der Waals surface area contributed by atoms with Crippen LogP contribution in [0.3, 0.4) is 0 Å². The van der Waals surface area contributed by atoms with Crippen LogP contribution in [0, 0.1) is 32.1 Å². The number of aliphatic hydroxyl groups excluding tert-OH is 2. The molecule has 1 saturated carbocycles. The molecule has 0 bridgehead atoms. The summed E-state index contributed by atoms with van der Waals surface area (Å²) in [4.78, 5) is 53.1. The first-order valence-electron chi connectivity index (χ1n) is 15.6. The van der Waals surface area contributed by atoms with Crippen LogP contribution in [0.4, 0.5) is 8.78 Å². The maximum Gasteiger partial charge on any atom is 0.305 e. The molecule has 1 aliphatic carbocycles. The van der Waals surface area contributed by atoms with E-state index >= 15 is 0 Å². The van der Waals surface area contributed by atoms with Crippen LogP contribution < -0.4 is 10.1 Å². The minimum atomic E-state index is -3.28. The zero-order chi connectivity index (χ0) is 36.2. The Labute approximate surface area is 281 Å². The maximum absolute atomic E-state index is 14.4. The van der Waals surface area contributed by atoms with Crippen molar-refractivity contribution in [3.8, 4) is 5.75 Å². The summed E-state index contributed by atoms with van der Waals surface area (Å²) >= 11 is 0. The molecule has 2 rings (SSSR count). The van der Waals surface area contributed by atoms with Gasteiger partial charge in [0, 0.05) is 25.2 Å². The number of hydrogen-bond acceptors (Lipinski definition) is 13. The van der Waals surface area contributed by atoms with E-state index in [4.69, 9.17) is 14.2 Å². The van der Waals surface area contributed by atoms with Gasteiger partial charge in [-0.25, -0.2) is 0 Å². The van der Waals surface area contributed by atoms with E-state index in [0.717, 1.165) is 0 Å². The van der Waals surface area contributed by atoms with Gasteiger partial charge in [0.1, 0.15) is 19.0 Å². The Morgan fingerprint density at radius 2 is 1.80 bits per heavy atom. The monoisotopic (exact) mass is 703 g/mol.